The van der Waals surface area contributed by atoms with E-state index in [2.05, 4.69) is 20.0 Å². The molecule has 1 aromatic carbocycles. The summed E-state index contributed by atoms with van der Waals surface area (Å²) in [6.07, 6.45) is 3.10. The van der Waals surface area contributed by atoms with Crippen LogP contribution in [-0.2, 0) is 19.5 Å². The highest BCUT2D eigenvalue weighted by atomic mass is 32.2. The van der Waals surface area contributed by atoms with E-state index >= 15 is 0 Å². The minimum absolute atomic E-state index is 0.132. The minimum Gasteiger partial charge on any atom is -0.383 e. The molecule has 4 rings (SSSR count). The molecule has 162 valence electrons. The van der Waals surface area contributed by atoms with E-state index in [1.165, 1.54) is 19.2 Å². The van der Waals surface area contributed by atoms with Gasteiger partial charge in [0.05, 0.1) is 29.9 Å². The zero-order valence-electron chi connectivity index (χ0n) is 16.6. The van der Waals surface area contributed by atoms with Gasteiger partial charge in [0.25, 0.3) is 0 Å². The van der Waals surface area contributed by atoms with E-state index in [0.717, 1.165) is 19.0 Å². The predicted octanol–water partition coefficient (Wildman–Crippen LogP) is 1.65. The fourth-order valence-electron chi connectivity index (χ4n) is 3.32. The van der Waals surface area contributed by atoms with E-state index in [1.54, 1.807) is 12.1 Å². The van der Waals surface area contributed by atoms with Crippen LogP contribution in [0.25, 0.3) is 0 Å². The van der Waals surface area contributed by atoms with Crippen LogP contribution in [0.15, 0.2) is 35.4 Å². The van der Waals surface area contributed by atoms with Gasteiger partial charge in [0.15, 0.2) is 11.6 Å². The van der Waals surface area contributed by atoms with Crippen molar-refractivity contribution >= 4 is 27.5 Å². The van der Waals surface area contributed by atoms with Gasteiger partial charge in [-0.3, -0.25) is 0 Å². The zero-order valence-corrected chi connectivity index (χ0v) is 17.4. The van der Waals surface area contributed by atoms with E-state index in [9.17, 15) is 12.8 Å². The first-order valence-electron chi connectivity index (χ1n) is 9.68. The van der Waals surface area contributed by atoms with Gasteiger partial charge in [0, 0.05) is 32.4 Å². The molecule has 0 unspecified atom stereocenters. The smallest absolute Gasteiger partial charge is 0.240 e. The van der Waals surface area contributed by atoms with Crippen LogP contribution >= 0.6 is 0 Å². The second-order valence-electron chi connectivity index (χ2n) is 7.36. The van der Waals surface area contributed by atoms with Crippen LogP contribution in [-0.4, -0.2) is 63.9 Å². The number of aromatic nitrogens is 2. The molecule has 0 atom stereocenters. The summed E-state index contributed by atoms with van der Waals surface area (Å²) in [6, 6.07) is 6.15. The third kappa shape index (κ3) is 4.69. The summed E-state index contributed by atoms with van der Waals surface area (Å²) in [7, 11) is -2.11. The van der Waals surface area contributed by atoms with Gasteiger partial charge in [-0.1, -0.05) is 0 Å². The number of nitrogens with one attached hydrogen (secondary N) is 2. The molecule has 1 saturated carbocycles. The van der Waals surface area contributed by atoms with Gasteiger partial charge in [0.1, 0.15) is 0 Å². The average molecular weight is 437 g/mol. The van der Waals surface area contributed by atoms with Crippen LogP contribution in [0, 0.1) is 5.82 Å². The van der Waals surface area contributed by atoms with Crippen molar-refractivity contribution in [2.24, 2.45) is 0 Å². The lowest BCUT2D eigenvalue weighted by Crippen LogP contribution is -2.44. The quantitative estimate of drug-likeness (QED) is 0.601. The third-order valence-electron chi connectivity index (χ3n) is 5.10. The summed E-state index contributed by atoms with van der Waals surface area (Å²) < 4.78 is 51.9. The Hall–Kier alpha value is -2.34. The molecular formula is C19H24FN5O4S. The van der Waals surface area contributed by atoms with E-state index in [4.69, 9.17) is 9.47 Å². The maximum atomic E-state index is 14.4. The van der Waals surface area contributed by atoms with Crippen LogP contribution in [0.3, 0.4) is 0 Å². The number of rotatable bonds is 8. The standard InChI is InChI=1S/C19H24FN5O4S/c1-28-10-8-22-30(26,27)15-4-2-14(3-5-15)23-18-21-12-16(20)17(24-18)25-9-11-29-19(13-25)6-7-19/h2-5,12,22H,6-11,13H2,1H3,(H,21,23,24). The average Bonchev–Trinajstić information content (AvgIpc) is 3.48. The number of halogens is 1. The Morgan fingerprint density at radius 3 is 2.77 bits per heavy atom. The van der Waals surface area contributed by atoms with E-state index in [0.29, 0.717) is 25.4 Å². The predicted molar refractivity (Wildman–Crippen MR) is 109 cm³/mol. The second kappa shape index (κ2) is 8.42. The molecule has 0 bridgehead atoms. The van der Waals surface area contributed by atoms with Crippen molar-refractivity contribution in [3.05, 3.63) is 36.3 Å². The normalized spacial score (nSPS) is 17.9. The molecule has 2 N–H and O–H groups in total. The van der Waals surface area contributed by atoms with Gasteiger partial charge in [0.2, 0.25) is 16.0 Å². The molecule has 1 saturated heterocycles. The van der Waals surface area contributed by atoms with Crippen LogP contribution < -0.4 is 14.9 Å². The molecule has 30 heavy (non-hydrogen) atoms. The second-order valence-corrected chi connectivity index (χ2v) is 9.13. The monoisotopic (exact) mass is 437 g/mol. The SMILES string of the molecule is COCCNS(=O)(=O)c1ccc(Nc2ncc(F)c(N3CCOC4(CC4)C3)n2)cc1. The molecule has 1 aromatic heterocycles. The van der Waals surface area contributed by atoms with Crippen molar-refractivity contribution in [3.63, 3.8) is 0 Å². The Morgan fingerprint density at radius 2 is 2.07 bits per heavy atom. The Labute approximate surface area is 174 Å². The van der Waals surface area contributed by atoms with Crippen LogP contribution in [0.5, 0.6) is 0 Å². The lowest BCUT2D eigenvalue weighted by Gasteiger charge is -2.34. The van der Waals surface area contributed by atoms with Crippen LogP contribution in [0.2, 0.25) is 0 Å². The molecule has 2 fully saturated rings. The molecule has 2 aromatic rings. The van der Waals surface area contributed by atoms with Crippen molar-refractivity contribution in [2.75, 3.05) is 50.2 Å². The maximum absolute atomic E-state index is 14.4. The van der Waals surface area contributed by atoms with Gasteiger partial charge >= 0.3 is 0 Å². The molecule has 1 aliphatic carbocycles. The summed E-state index contributed by atoms with van der Waals surface area (Å²) in [5.41, 5.74) is 0.436. The fraction of sp³-hybridized carbons (Fsp3) is 0.474. The number of morpholine rings is 1. The van der Waals surface area contributed by atoms with Crippen molar-refractivity contribution < 1.29 is 22.3 Å². The Kier molecular flexibility index (Phi) is 5.87. The molecule has 1 spiro atoms. The Balaban J connectivity index is 1.45. The highest BCUT2D eigenvalue weighted by Crippen LogP contribution is 2.43. The van der Waals surface area contributed by atoms with Gasteiger partial charge in [-0.05, 0) is 37.1 Å². The highest BCUT2D eigenvalue weighted by Gasteiger charge is 2.48. The largest absolute Gasteiger partial charge is 0.383 e. The first-order chi connectivity index (χ1) is 14.4. The number of benzene rings is 1. The van der Waals surface area contributed by atoms with Crippen LogP contribution in [0.4, 0.5) is 21.8 Å². The van der Waals surface area contributed by atoms with Crippen LogP contribution in [0.1, 0.15) is 12.8 Å². The van der Waals surface area contributed by atoms with Gasteiger partial charge in [-0.25, -0.2) is 22.5 Å². The topological polar surface area (TPSA) is 106 Å². The van der Waals surface area contributed by atoms with Crippen molar-refractivity contribution in [1.29, 1.82) is 0 Å². The molecule has 1 aliphatic heterocycles. The summed E-state index contributed by atoms with van der Waals surface area (Å²) in [4.78, 5) is 10.4. The molecule has 0 radical (unpaired) electrons. The first kappa shape index (κ1) is 20.9. The number of hydrogen-bond acceptors (Lipinski definition) is 8. The number of nitrogens with zero attached hydrogens (tertiary/aromatic N) is 3. The third-order valence-corrected chi connectivity index (χ3v) is 6.58. The Bertz CT molecular complexity index is 998. The Morgan fingerprint density at radius 1 is 1.30 bits per heavy atom. The minimum atomic E-state index is -3.61. The molecule has 2 heterocycles. The number of methoxy groups -OCH3 is 1. The molecular weight excluding hydrogens is 413 g/mol. The van der Waals surface area contributed by atoms with Crippen molar-refractivity contribution in [3.8, 4) is 0 Å². The number of hydrogen-bond donors (Lipinski definition) is 2. The van der Waals surface area contributed by atoms with Crippen molar-refractivity contribution in [2.45, 2.75) is 23.3 Å². The van der Waals surface area contributed by atoms with E-state index in [1.807, 2.05) is 4.90 Å². The van der Waals surface area contributed by atoms with Gasteiger partial charge < -0.3 is 19.7 Å². The number of sulfonamides is 1. The number of ether oxygens (including phenoxy) is 2. The summed E-state index contributed by atoms with van der Waals surface area (Å²) in [6.45, 7) is 2.20. The lowest BCUT2D eigenvalue weighted by atomic mass is 10.2. The molecule has 11 heteroatoms. The number of anilines is 3. The summed E-state index contributed by atoms with van der Waals surface area (Å²) in [5.74, 6) is -0.0120. The lowest BCUT2D eigenvalue weighted by molar-refractivity contribution is 0.0201. The van der Waals surface area contributed by atoms with Gasteiger partial charge in [-0.15, -0.1) is 0 Å². The van der Waals surface area contributed by atoms with E-state index < -0.39 is 15.8 Å². The fourth-order valence-corrected chi connectivity index (χ4v) is 4.33. The highest BCUT2D eigenvalue weighted by molar-refractivity contribution is 7.89. The van der Waals surface area contributed by atoms with E-state index in [-0.39, 0.29) is 35.4 Å². The molecule has 9 nitrogen and oxygen atoms in total. The first-order valence-corrected chi connectivity index (χ1v) is 11.2. The van der Waals surface area contributed by atoms with Gasteiger partial charge in [-0.2, -0.15) is 4.98 Å². The van der Waals surface area contributed by atoms with Crippen molar-refractivity contribution in [1.82, 2.24) is 14.7 Å². The summed E-state index contributed by atoms with van der Waals surface area (Å²) >= 11 is 0. The molecule has 2 aliphatic rings. The maximum Gasteiger partial charge on any atom is 0.240 e. The summed E-state index contributed by atoms with van der Waals surface area (Å²) in [5, 5.41) is 3.00. The molecule has 0 amide bonds. The zero-order chi connectivity index (χ0) is 21.2.